The summed E-state index contributed by atoms with van der Waals surface area (Å²) in [6.07, 6.45) is 0.531. The standard InChI is InChI=1S/C9H8NO4/c1-2-14-9-4-7(6-11)3-8(5-9)10(12)13/h3-4,6H,2H2,1H3. The molecule has 0 spiro atoms. The maximum absolute atomic E-state index is 10.4. The highest BCUT2D eigenvalue weighted by Gasteiger charge is 2.10. The molecule has 1 aromatic rings. The average molecular weight is 194 g/mol. The molecule has 0 N–H and O–H groups in total. The molecule has 5 heteroatoms. The van der Waals surface area contributed by atoms with Crippen molar-refractivity contribution < 1.29 is 14.5 Å². The maximum Gasteiger partial charge on any atom is 0.282 e. The van der Waals surface area contributed by atoms with Crippen molar-refractivity contribution in [2.75, 3.05) is 6.61 Å². The van der Waals surface area contributed by atoms with Crippen LogP contribution < -0.4 is 4.74 Å². The average Bonchev–Trinajstić information content (AvgIpc) is 2.17. The first kappa shape index (κ1) is 10.2. The van der Waals surface area contributed by atoms with E-state index >= 15 is 0 Å². The number of non-ortho nitro benzene ring substituents is 1. The third-order valence-corrected chi connectivity index (χ3v) is 1.49. The van der Waals surface area contributed by atoms with E-state index in [9.17, 15) is 14.9 Å². The fourth-order valence-electron chi connectivity index (χ4n) is 0.949. The number of rotatable bonds is 4. The van der Waals surface area contributed by atoms with Crippen LogP contribution in [0.5, 0.6) is 5.75 Å². The van der Waals surface area contributed by atoms with Crippen LogP contribution in [-0.4, -0.2) is 17.8 Å². The van der Waals surface area contributed by atoms with E-state index in [2.05, 4.69) is 6.07 Å². The molecule has 14 heavy (non-hydrogen) atoms. The van der Waals surface area contributed by atoms with Gasteiger partial charge in [0.15, 0.2) is 0 Å². The number of nitrogens with zero attached hydrogens (tertiary/aromatic N) is 1. The van der Waals surface area contributed by atoms with Gasteiger partial charge in [-0.25, -0.2) is 0 Å². The first-order valence-electron chi connectivity index (χ1n) is 3.97. The Labute approximate surface area is 80.5 Å². The van der Waals surface area contributed by atoms with Crippen molar-refractivity contribution in [3.63, 3.8) is 0 Å². The van der Waals surface area contributed by atoms with Crippen molar-refractivity contribution in [1.82, 2.24) is 0 Å². The second kappa shape index (κ2) is 4.36. The first-order chi connectivity index (χ1) is 6.67. The Morgan fingerprint density at radius 1 is 1.64 bits per heavy atom. The Bertz CT molecular complexity index is 362. The number of nitro benzene ring substituents is 1. The number of carbonyl (C=O) groups is 1. The normalized spacial score (nSPS) is 9.50. The Balaban J connectivity index is 3.12. The zero-order chi connectivity index (χ0) is 10.6. The van der Waals surface area contributed by atoms with Crippen LogP contribution in [0.3, 0.4) is 0 Å². The Morgan fingerprint density at radius 3 is 2.86 bits per heavy atom. The third kappa shape index (κ3) is 2.29. The lowest BCUT2D eigenvalue weighted by molar-refractivity contribution is -0.385. The SMILES string of the molecule is CCOc1[c]c([N+](=O)[O-])cc(C=O)c1. The molecular weight excluding hydrogens is 186 g/mol. The minimum Gasteiger partial charge on any atom is -0.493 e. The molecule has 0 saturated heterocycles. The lowest BCUT2D eigenvalue weighted by Gasteiger charge is -2.02. The third-order valence-electron chi connectivity index (χ3n) is 1.49. The van der Waals surface area contributed by atoms with Gasteiger partial charge < -0.3 is 4.74 Å². The van der Waals surface area contributed by atoms with Gasteiger partial charge in [0.25, 0.3) is 5.69 Å². The van der Waals surface area contributed by atoms with E-state index in [-0.39, 0.29) is 17.0 Å². The van der Waals surface area contributed by atoms with E-state index in [4.69, 9.17) is 4.74 Å². The summed E-state index contributed by atoms with van der Waals surface area (Å²) in [6.45, 7) is 2.11. The Morgan fingerprint density at radius 2 is 2.36 bits per heavy atom. The number of hydrogen-bond acceptors (Lipinski definition) is 4. The highest BCUT2D eigenvalue weighted by Crippen LogP contribution is 2.20. The van der Waals surface area contributed by atoms with Crippen LogP contribution in [0.15, 0.2) is 12.1 Å². The van der Waals surface area contributed by atoms with Gasteiger partial charge in [-0.15, -0.1) is 0 Å². The molecule has 0 heterocycles. The van der Waals surface area contributed by atoms with Gasteiger partial charge in [0, 0.05) is 11.6 Å². The smallest absolute Gasteiger partial charge is 0.282 e. The molecule has 1 radical (unpaired) electrons. The molecule has 0 saturated carbocycles. The van der Waals surface area contributed by atoms with Crippen LogP contribution in [0.4, 0.5) is 5.69 Å². The number of nitro groups is 1. The molecule has 73 valence electrons. The van der Waals surface area contributed by atoms with E-state index in [1.807, 2.05) is 0 Å². The second-order valence-corrected chi connectivity index (χ2v) is 2.47. The van der Waals surface area contributed by atoms with Gasteiger partial charge in [0.05, 0.1) is 11.5 Å². The summed E-state index contributed by atoms with van der Waals surface area (Å²) in [6, 6.07) is 4.99. The summed E-state index contributed by atoms with van der Waals surface area (Å²) in [4.78, 5) is 20.3. The van der Waals surface area contributed by atoms with E-state index in [1.165, 1.54) is 6.07 Å². The van der Waals surface area contributed by atoms with Crippen molar-refractivity contribution in [1.29, 1.82) is 0 Å². The van der Waals surface area contributed by atoms with Crippen LogP contribution in [0.25, 0.3) is 0 Å². The van der Waals surface area contributed by atoms with Crippen molar-refractivity contribution in [3.8, 4) is 5.75 Å². The predicted octanol–water partition coefficient (Wildman–Crippen LogP) is 1.61. The summed E-state index contributed by atoms with van der Waals surface area (Å²) >= 11 is 0. The summed E-state index contributed by atoms with van der Waals surface area (Å²) in [5.74, 6) is 0.212. The van der Waals surface area contributed by atoms with Crippen LogP contribution in [0, 0.1) is 16.2 Å². The van der Waals surface area contributed by atoms with Gasteiger partial charge in [0.1, 0.15) is 18.1 Å². The molecule has 0 aliphatic heterocycles. The molecule has 0 amide bonds. The number of hydrogen-bond donors (Lipinski definition) is 0. The summed E-state index contributed by atoms with van der Waals surface area (Å²) in [5, 5.41) is 10.4. The maximum atomic E-state index is 10.4. The van der Waals surface area contributed by atoms with E-state index in [0.29, 0.717) is 12.9 Å². The van der Waals surface area contributed by atoms with Crippen LogP contribution in [-0.2, 0) is 0 Å². The summed E-state index contributed by atoms with van der Waals surface area (Å²) < 4.78 is 5.02. The number of aldehydes is 1. The van der Waals surface area contributed by atoms with Gasteiger partial charge in [-0.3, -0.25) is 14.9 Å². The highest BCUT2D eigenvalue weighted by molar-refractivity contribution is 5.77. The van der Waals surface area contributed by atoms with E-state index in [0.717, 1.165) is 6.07 Å². The van der Waals surface area contributed by atoms with Gasteiger partial charge in [-0.05, 0) is 13.0 Å². The first-order valence-corrected chi connectivity index (χ1v) is 3.97. The quantitative estimate of drug-likeness (QED) is 0.414. The lowest BCUT2D eigenvalue weighted by atomic mass is 10.2. The molecular formula is C9H8NO4. The Hall–Kier alpha value is -1.91. The molecule has 5 nitrogen and oxygen atoms in total. The largest absolute Gasteiger partial charge is 0.493 e. The molecule has 0 bridgehead atoms. The van der Waals surface area contributed by atoms with Crippen molar-refractivity contribution in [2.24, 2.45) is 0 Å². The number of carbonyl (C=O) groups excluding carboxylic acids is 1. The monoisotopic (exact) mass is 194 g/mol. The number of ether oxygens (including phenoxy) is 1. The molecule has 0 aromatic heterocycles. The minimum absolute atomic E-state index is 0.207. The second-order valence-electron chi connectivity index (χ2n) is 2.47. The zero-order valence-electron chi connectivity index (χ0n) is 7.52. The van der Waals surface area contributed by atoms with Crippen molar-refractivity contribution in [2.45, 2.75) is 6.92 Å². The summed E-state index contributed by atoms with van der Waals surface area (Å²) in [7, 11) is 0. The molecule has 1 rings (SSSR count). The lowest BCUT2D eigenvalue weighted by Crippen LogP contribution is -1.96. The van der Waals surface area contributed by atoms with Gasteiger partial charge in [-0.1, -0.05) is 0 Å². The van der Waals surface area contributed by atoms with Crippen LogP contribution in [0.1, 0.15) is 17.3 Å². The molecule has 1 aromatic carbocycles. The molecule has 0 unspecified atom stereocenters. The van der Waals surface area contributed by atoms with E-state index in [1.54, 1.807) is 6.92 Å². The van der Waals surface area contributed by atoms with Gasteiger partial charge in [-0.2, -0.15) is 0 Å². The van der Waals surface area contributed by atoms with Gasteiger partial charge >= 0.3 is 0 Å². The van der Waals surface area contributed by atoms with Crippen molar-refractivity contribution in [3.05, 3.63) is 33.9 Å². The van der Waals surface area contributed by atoms with E-state index < -0.39 is 4.92 Å². The number of benzene rings is 1. The van der Waals surface area contributed by atoms with Crippen LogP contribution >= 0.6 is 0 Å². The topological polar surface area (TPSA) is 69.4 Å². The summed E-state index contributed by atoms with van der Waals surface area (Å²) in [5.41, 5.74) is -0.0584. The molecule has 0 aliphatic carbocycles. The highest BCUT2D eigenvalue weighted by atomic mass is 16.6. The van der Waals surface area contributed by atoms with Crippen molar-refractivity contribution >= 4 is 12.0 Å². The van der Waals surface area contributed by atoms with Gasteiger partial charge in [0.2, 0.25) is 0 Å². The fraction of sp³-hybridized carbons (Fsp3) is 0.222. The molecule has 0 fully saturated rings. The predicted molar refractivity (Wildman–Crippen MR) is 48.5 cm³/mol. The Kier molecular flexibility index (Phi) is 3.17. The molecule has 0 atom stereocenters. The van der Waals surface area contributed by atoms with Crippen LogP contribution in [0.2, 0.25) is 0 Å². The molecule has 0 aliphatic rings. The fourth-order valence-corrected chi connectivity index (χ4v) is 0.949. The zero-order valence-corrected chi connectivity index (χ0v) is 7.52. The minimum atomic E-state index is -0.616.